The molecule has 2 aromatic heterocycles. The molecule has 2 amide bonds. The minimum Gasteiger partial charge on any atom is -0.490 e. The summed E-state index contributed by atoms with van der Waals surface area (Å²) in [5.41, 5.74) is 2.06. The van der Waals surface area contributed by atoms with Crippen LogP contribution in [-0.2, 0) is 0 Å². The van der Waals surface area contributed by atoms with Gasteiger partial charge in [-0.3, -0.25) is 5.10 Å². The van der Waals surface area contributed by atoms with Crippen LogP contribution in [0.15, 0.2) is 18.3 Å². The molecule has 0 aliphatic carbocycles. The van der Waals surface area contributed by atoms with Crippen LogP contribution in [0.25, 0.3) is 22.6 Å². The first-order chi connectivity index (χ1) is 14.3. The lowest BCUT2D eigenvalue weighted by atomic mass is 10.3. The summed E-state index contributed by atoms with van der Waals surface area (Å²) in [6.45, 7) is 5.11. The van der Waals surface area contributed by atoms with E-state index in [0.717, 1.165) is 13.0 Å². The van der Waals surface area contributed by atoms with Gasteiger partial charge < -0.3 is 24.8 Å². The number of amides is 2. The molecule has 2 heterocycles. The van der Waals surface area contributed by atoms with Gasteiger partial charge in [-0.2, -0.15) is 5.10 Å². The Kier molecular flexibility index (Phi) is 6.56. The highest BCUT2D eigenvalue weighted by Crippen LogP contribution is 2.29. The molecule has 30 heavy (non-hydrogen) atoms. The summed E-state index contributed by atoms with van der Waals surface area (Å²) in [6, 6.07) is 2.71. The van der Waals surface area contributed by atoms with E-state index in [2.05, 4.69) is 25.5 Å². The van der Waals surface area contributed by atoms with Crippen LogP contribution in [0.5, 0.6) is 5.75 Å². The summed E-state index contributed by atoms with van der Waals surface area (Å²) >= 11 is 0. The number of hydrogen-bond acceptors (Lipinski definition) is 5. The number of aromatic nitrogens is 4. The number of urea groups is 1. The maximum atomic E-state index is 14.4. The number of carbonyl (C=O) groups excluding carboxylic acids is 1. The van der Waals surface area contributed by atoms with Gasteiger partial charge in [0, 0.05) is 31.8 Å². The molecule has 0 saturated heterocycles. The number of anilines is 1. The second-order valence-electron chi connectivity index (χ2n) is 7.68. The molecule has 1 aromatic carbocycles. The van der Waals surface area contributed by atoms with E-state index in [4.69, 9.17) is 4.74 Å². The summed E-state index contributed by atoms with van der Waals surface area (Å²) in [7, 11) is 5.67. The predicted molar refractivity (Wildman–Crippen MR) is 114 cm³/mol. The number of hydrogen-bond donors (Lipinski definition) is 3. The molecule has 10 heteroatoms. The Bertz CT molecular complexity index is 1010. The van der Waals surface area contributed by atoms with Crippen LogP contribution in [0, 0.1) is 5.82 Å². The van der Waals surface area contributed by atoms with Crippen molar-refractivity contribution < 1.29 is 13.9 Å². The monoisotopic (exact) mass is 417 g/mol. The van der Waals surface area contributed by atoms with Gasteiger partial charge in [0.05, 0.1) is 29.5 Å². The average Bonchev–Trinajstić information content (AvgIpc) is 3.30. The molecule has 9 nitrogen and oxygen atoms in total. The van der Waals surface area contributed by atoms with Crippen LogP contribution in [-0.4, -0.2) is 76.3 Å². The smallest absolute Gasteiger partial charge is 0.321 e. The van der Waals surface area contributed by atoms with Gasteiger partial charge in [0.25, 0.3) is 0 Å². The number of rotatable bonds is 8. The number of ether oxygens (including phenoxy) is 1. The van der Waals surface area contributed by atoms with Gasteiger partial charge in [0.2, 0.25) is 0 Å². The molecular weight excluding hydrogens is 389 g/mol. The van der Waals surface area contributed by atoms with Crippen molar-refractivity contribution in [1.82, 2.24) is 30.0 Å². The Labute approximate surface area is 174 Å². The summed E-state index contributed by atoms with van der Waals surface area (Å²) in [5, 5.41) is 9.65. The first-order valence-electron chi connectivity index (χ1n) is 9.80. The molecule has 3 aromatic rings. The van der Waals surface area contributed by atoms with E-state index in [9.17, 15) is 9.18 Å². The topological polar surface area (TPSA) is 102 Å². The number of H-pyrrole nitrogens is 2. The number of carbonyl (C=O) groups is 1. The van der Waals surface area contributed by atoms with Crippen LogP contribution in [0.4, 0.5) is 14.9 Å². The molecule has 0 atom stereocenters. The standard InChI is InChI=1S/C20H28FN7O2/c1-12(2)28(5)20(29)25-16-11-22-26-18(16)19-23-14-9-13(21)17(10-15(14)24-19)30-8-6-7-27(3)4/h9-12H,6-8H2,1-5H3,(H,22,26)(H,23,24)(H,25,29). The molecule has 0 bridgehead atoms. The number of fused-ring (bicyclic) bond motifs is 1. The van der Waals surface area contributed by atoms with Crippen LogP contribution < -0.4 is 10.1 Å². The first kappa shape index (κ1) is 21.6. The van der Waals surface area contributed by atoms with Gasteiger partial charge >= 0.3 is 6.03 Å². The summed E-state index contributed by atoms with van der Waals surface area (Å²) < 4.78 is 20.0. The fourth-order valence-corrected chi connectivity index (χ4v) is 2.80. The number of nitrogens with zero attached hydrogens (tertiary/aromatic N) is 4. The van der Waals surface area contributed by atoms with Crippen LogP contribution >= 0.6 is 0 Å². The van der Waals surface area contributed by atoms with Gasteiger partial charge in [-0.15, -0.1) is 0 Å². The second kappa shape index (κ2) is 9.12. The zero-order valence-corrected chi connectivity index (χ0v) is 17.9. The Morgan fingerprint density at radius 2 is 2.07 bits per heavy atom. The molecule has 162 valence electrons. The minimum absolute atomic E-state index is 0.0469. The Morgan fingerprint density at radius 1 is 1.30 bits per heavy atom. The lowest BCUT2D eigenvalue weighted by Gasteiger charge is -2.21. The van der Waals surface area contributed by atoms with E-state index in [1.54, 1.807) is 18.0 Å². The molecule has 3 N–H and O–H groups in total. The highest BCUT2D eigenvalue weighted by atomic mass is 19.1. The van der Waals surface area contributed by atoms with Crippen LogP contribution in [0.1, 0.15) is 20.3 Å². The van der Waals surface area contributed by atoms with Crippen molar-refractivity contribution in [3.8, 4) is 17.3 Å². The van der Waals surface area contributed by atoms with Gasteiger partial charge in [-0.1, -0.05) is 0 Å². The molecule has 0 unspecified atom stereocenters. The Hall–Kier alpha value is -3.14. The summed E-state index contributed by atoms with van der Waals surface area (Å²) in [5.74, 6) is 0.143. The van der Waals surface area contributed by atoms with Crippen molar-refractivity contribution >= 4 is 22.8 Å². The molecule has 0 aliphatic heterocycles. The van der Waals surface area contributed by atoms with Gasteiger partial charge in [0.1, 0.15) is 5.69 Å². The zero-order chi connectivity index (χ0) is 21.8. The maximum absolute atomic E-state index is 14.4. The molecule has 0 saturated carbocycles. The van der Waals surface area contributed by atoms with Gasteiger partial charge in [-0.25, -0.2) is 14.2 Å². The van der Waals surface area contributed by atoms with Crippen molar-refractivity contribution in [2.24, 2.45) is 0 Å². The Morgan fingerprint density at radius 3 is 2.77 bits per heavy atom. The van der Waals surface area contributed by atoms with E-state index in [1.165, 1.54) is 12.3 Å². The van der Waals surface area contributed by atoms with Gasteiger partial charge in [0.15, 0.2) is 17.4 Å². The molecule has 3 rings (SSSR count). The van der Waals surface area contributed by atoms with Crippen molar-refractivity contribution in [3.63, 3.8) is 0 Å². The minimum atomic E-state index is -0.459. The SMILES string of the molecule is CC(C)N(C)C(=O)Nc1cn[nH]c1-c1nc2cc(OCCCN(C)C)c(F)cc2[nH]1. The predicted octanol–water partition coefficient (Wildman–Crippen LogP) is 3.29. The largest absolute Gasteiger partial charge is 0.490 e. The third-order valence-corrected chi connectivity index (χ3v) is 4.76. The third kappa shape index (κ3) is 4.88. The van der Waals surface area contributed by atoms with Gasteiger partial charge in [-0.05, 0) is 34.4 Å². The fourth-order valence-electron chi connectivity index (χ4n) is 2.80. The van der Waals surface area contributed by atoms with Crippen molar-refractivity contribution in [2.75, 3.05) is 39.6 Å². The molecule has 0 aliphatic rings. The number of benzene rings is 1. The summed E-state index contributed by atoms with van der Waals surface area (Å²) in [4.78, 5) is 23.5. The third-order valence-electron chi connectivity index (χ3n) is 4.76. The fraction of sp³-hybridized carbons (Fsp3) is 0.450. The zero-order valence-electron chi connectivity index (χ0n) is 17.9. The number of halogens is 1. The normalized spacial score (nSPS) is 11.5. The van der Waals surface area contributed by atoms with E-state index in [-0.39, 0.29) is 17.8 Å². The van der Waals surface area contributed by atoms with E-state index in [1.807, 2.05) is 32.8 Å². The maximum Gasteiger partial charge on any atom is 0.321 e. The molecule has 0 radical (unpaired) electrons. The summed E-state index contributed by atoms with van der Waals surface area (Å²) in [6.07, 6.45) is 2.30. The molecule has 0 spiro atoms. The highest BCUT2D eigenvalue weighted by molar-refractivity contribution is 5.93. The quantitative estimate of drug-likeness (QED) is 0.488. The van der Waals surface area contributed by atoms with E-state index in [0.29, 0.717) is 34.8 Å². The first-order valence-corrected chi connectivity index (χ1v) is 9.80. The molecule has 0 fully saturated rings. The lowest BCUT2D eigenvalue weighted by Crippen LogP contribution is -2.36. The number of aromatic amines is 2. The van der Waals surface area contributed by atoms with Crippen LogP contribution in [0.2, 0.25) is 0 Å². The van der Waals surface area contributed by atoms with Crippen molar-refractivity contribution in [3.05, 3.63) is 24.1 Å². The lowest BCUT2D eigenvalue weighted by molar-refractivity contribution is 0.211. The number of imidazole rings is 1. The van der Waals surface area contributed by atoms with Crippen molar-refractivity contribution in [1.29, 1.82) is 0 Å². The average molecular weight is 417 g/mol. The van der Waals surface area contributed by atoms with E-state index < -0.39 is 5.82 Å². The Balaban J connectivity index is 1.80. The molecular formula is C20H28FN7O2. The second-order valence-corrected chi connectivity index (χ2v) is 7.68. The van der Waals surface area contributed by atoms with Crippen molar-refractivity contribution in [2.45, 2.75) is 26.3 Å². The highest BCUT2D eigenvalue weighted by Gasteiger charge is 2.18. The number of nitrogens with one attached hydrogen (secondary N) is 3. The van der Waals surface area contributed by atoms with E-state index >= 15 is 0 Å². The van der Waals surface area contributed by atoms with Crippen LogP contribution in [0.3, 0.4) is 0 Å².